The number of hydrogen-bond acceptors (Lipinski definition) is 2. The fourth-order valence-electron chi connectivity index (χ4n) is 3.65. The van der Waals surface area contributed by atoms with E-state index >= 15 is 0 Å². The Labute approximate surface area is 105 Å². The minimum absolute atomic E-state index is 0.147. The second-order valence-electron chi connectivity index (χ2n) is 5.40. The minimum Gasteiger partial charge on any atom is -0.497 e. The Hall–Kier alpha value is -1.58. The highest BCUT2D eigenvalue weighted by molar-refractivity contribution is 5.82. The number of fused-ring (bicyclic) bond motifs is 1. The Kier molecular flexibility index (Phi) is 2.22. The van der Waals surface area contributed by atoms with Crippen LogP contribution in [0.5, 0.6) is 5.75 Å². The lowest BCUT2D eigenvalue weighted by Gasteiger charge is -2.42. The minimum atomic E-state index is -2.10. The molecule has 1 N–H and O–H groups in total. The highest BCUT2D eigenvalue weighted by Gasteiger charge is 2.71. The van der Waals surface area contributed by atoms with Crippen LogP contribution in [0.4, 0.5) is 4.39 Å². The summed E-state index contributed by atoms with van der Waals surface area (Å²) >= 11 is 0. The number of ether oxygens (including phenoxy) is 1. The van der Waals surface area contributed by atoms with Gasteiger partial charge in [-0.25, -0.2) is 9.18 Å². The first-order valence-corrected chi connectivity index (χ1v) is 6.09. The van der Waals surface area contributed by atoms with E-state index in [1.807, 2.05) is 0 Å². The predicted molar refractivity (Wildman–Crippen MR) is 63.5 cm³/mol. The number of hydrogen-bond donors (Lipinski definition) is 1. The third-order valence-corrected chi connectivity index (χ3v) is 4.58. The molecule has 3 fully saturated rings. The number of methoxy groups -OCH3 is 1. The van der Waals surface area contributed by atoms with Gasteiger partial charge in [-0.1, -0.05) is 12.1 Å². The fraction of sp³-hybridized carbons (Fsp3) is 0.500. The van der Waals surface area contributed by atoms with Gasteiger partial charge in [0.05, 0.1) is 7.11 Å². The molecule has 3 aliphatic carbocycles. The van der Waals surface area contributed by atoms with Gasteiger partial charge in [0.25, 0.3) is 0 Å². The van der Waals surface area contributed by atoms with Crippen LogP contribution in [0.15, 0.2) is 24.3 Å². The maximum Gasteiger partial charge on any atom is 0.342 e. The van der Waals surface area contributed by atoms with Crippen LogP contribution in [0.25, 0.3) is 0 Å². The monoisotopic (exact) mass is 250 g/mol. The smallest absolute Gasteiger partial charge is 0.342 e. The van der Waals surface area contributed by atoms with E-state index in [-0.39, 0.29) is 12.3 Å². The molecule has 0 saturated heterocycles. The largest absolute Gasteiger partial charge is 0.497 e. The summed E-state index contributed by atoms with van der Waals surface area (Å²) in [6, 6.07) is 7.10. The molecule has 96 valence electrons. The second-order valence-corrected chi connectivity index (χ2v) is 5.40. The molecule has 4 heteroatoms. The first-order valence-electron chi connectivity index (χ1n) is 6.09. The summed E-state index contributed by atoms with van der Waals surface area (Å²) in [5, 5.41) is 9.20. The van der Waals surface area contributed by atoms with Crippen LogP contribution in [-0.4, -0.2) is 23.9 Å². The predicted octanol–water partition coefficient (Wildman–Crippen LogP) is 2.54. The fourth-order valence-corrected chi connectivity index (χ4v) is 3.65. The molecule has 1 unspecified atom stereocenters. The van der Waals surface area contributed by atoms with Gasteiger partial charge in [0.15, 0.2) is 0 Å². The molecule has 3 aliphatic rings. The first-order chi connectivity index (χ1) is 8.52. The van der Waals surface area contributed by atoms with Crippen LogP contribution in [-0.2, 0) is 10.2 Å². The molecule has 0 heterocycles. The van der Waals surface area contributed by atoms with E-state index in [9.17, 15) is 14.3 Å². The summed E-state index contributed by atoms with van der Waals surface area (Å²) in [6.07, 6.45) is 1.43. The molecule has 3 nitrogen and oxygen atoms in total. The average Bonchev–Trinajstić information content (AvgIpc) is 2.78. The summed E-state index contributed by atoms with van der Waals surface area (Å²) in [5.41, 5.74) is -2.15. The average molecular weight is 250 g/mol. The molecule has 0 spiro atoms. The van der Waals surface area contributed by atoms with E-state index in [0.29, 0.717) is 18.6 Å². The van der Waals surface area contributed by atoms with Crippen molar-refractivity contribution < 1.29 is 19.0 Å². The lowest BCUT2D eigenvalue weighted by Crippen LogP contribution is -2.50. The summed E-state index contributed by atoms with van der Waals surface area (Å²) < 4.78 is 19.8. The van der Waals surface area contributed by atoms with Gasteiger partial charge in [-0.2, -0.15) is 0 Å². The SMILES string of the molecule is COc1ccc(C23CC(CC2(F)C(=O)O)C3)cc1. The van der Waals surface area contributed by atoms with Crippen LogP contribution in [0.3, 0.4) is 0 Å². The van der Waals surface area contributed by atoms with E-state index in [1.54, 1.807) is 31.4 Å². The van der Waals surface area contributed by atoms with Crippen LogP contribution in [0, 0.1) is 5.92 Å². The van der Waals surface area contributed by atoms with Crippen LogP contribution >= 0.6 is 0 Å². The number of benzene rings is 1. The highest BCUT2D eigenvalue weighted by Crippen LogP contribution is 2.66. The summed E-state index contributed by atoms with van der Waals surface area (Å²) in [4.78, 5) is 11.3. The Balaban J connectivity index is 2.02. The normalized spacial score (nSPS) is 37.1. The molecule has 1 aromatic carbocycles. The maximum absolute atomic E-state index is 14.8. The first kappa shape index (κ1) is 11.5. The van der Waals surface area contributed by atoms with Crippen molar-refractivity contribution in [1.82, 2.24) is 0 Å². The molecule has 1 atom stereocenters. The van der Waals surface area contributed by atoms with Gasteiger partial charge < -0.3 is 9.84 Å². The summed E-state index contributed by atoms with van der Waals surface area (Å²) in [7, 11) is 1.57. The lowest BCUT2D eigenvalue weighted by molar-refractivity contribution is -0.154. The Morgan fingerprint density at radius 2 is 1.94 bits per heavy atom. The number of carboxylic acid groups (broad SMARTS) is 1. The van der Waals surface area contributed by atoms with Crippen molar-refractivity contribution >= 4 is 5.97 Å². The van der Waals surface area contributed by atoms with Gasteiger partial charge in [-0.05, 0) is 42.9 Å². The summed E-state index contributed by atoms with van der Waals surface area (Å²) in [6.45, 7) is 0. The van der Waals surface area contributed by atoms with Crippen LogP contribution in [0.1, 0.15) is 24.8 Å². The van der Waals surface area contributed by atoms with Gasteiger partial charge in [-0.3, -0.25) is 0 Å². The molecule has 0 aromatic heterocycles. The second kappa shape index (κ2) is 3.46. The third-order valence-electron chi connectivity index (χ3n) is 4.58. The Morgan fingerprint density at radius 1 is 1.33 bits per heavy atom. The van der Waals surface area contributed by atoms with E-state index in [2.05, 4.69) is 0 Å². The quantitative estimate of drug-likeness (QED) is 0.896. The molecule has 4 rings (SSSR count). The van der Waals surface area contributed by atoms with Crippen LogP contribution in [0.2, 0.25) is 0 Å². The zero-order chi connectivity index (χ0) is 13.0. The van der Waals surface area contributed by atoms with E-state index in [4.69, 9.17) is 4.74 Å². The van der Waals surface area contributed by atoms with Gasteiger partial charge >= 0.3 is 5.97 Å². The number of halogens is 1. The number of alkyl halides is 1. The summed E-state index contributed by atoms with van der Waals surface area (Å²) in [5.74, 6) is -0.407. The molecule has 0 aliphatic heterocycles. The van der Waals surface area contributed by atoms with Gasteiger partial charge in [0.2, 0.25) is 5.67 Å². The third kappa shape index (κ3) is 1.21. The topological polar surface area (TPSA) is 46.5 Å². The molecule has 2 bridgehead atoms. The van der Waals surface area contributed by atoms with E-state index in [1.165, 1.54) is 0 Å². The highest BCUT2D eigenvalue weighted by atomic mass is 19.1. The molecule has 0 amide bonds. The number of rotatable bonds is 3. The molecule has 18 heavy (non-hydrogen) atoms. The zero-order valence-electron chi connectivity index (χ0n) is 10.1. The van der Waals surface area contributed by atoms with Crippen LogP contribution < -0.4 is 4.74 Å². The van der Waals surface area contributed by atoms with Crippen molar-refractivity contribution in [2.24, 2.45) is 5.92 Å². The van der Waals surface area contributed by atoms with Crippen molar-refractivity contribution in [2.75, 3.05) is 7.11 Å². The lowest BCUT2D eigenvalue weighted by atomic mass is 9.61. The number of carboxylic acids is 1. The standard InChI is InChI=1S/C14H15FO3/c1-18-11-4-2-10(3-5-11)13-6-9(7-13)8-14(13,15)12(16)17/h2-5,9H,6-8H2,1H3,(H,16,17). The van der Waals surface area contributed by atoms with Crippen molar-refractivity contribution in [3.05, 3.63) is 29.8 Å². The Bertz CT molecular complexity index is 490. The maximum atomic E-state index is 14.8. The van der Waals surface area contributed by atoms with Gasteiger partial charge in [0, 0.05) is 5.41 Å². The molecule has 0 radical (unpaired) electrons. The van der Waals surface area contributed by atoms with E-state index in [0.717, 1.165) is 5.56 Å². The zero-order valence-corrected chi connectivity index (χ0v) is 10.1. The van der Waals surface area contributed by atoms with Crippen molar-refractivity contribution in [1.29, 1.82) is 0 Å². The number of carbonyl (C=O) groups is 1. The molecule has 3 saturated carbocycles. The molecular formula is C14H15FO3. The van der Waals surface area contributed by atoms with E-state index < -0.39 is 17.1 Å². The van der Waals surface area contributed by atoms with Crippen molar-refractivity contribution in [3.8, 4) is 5.75 Å². The van der Waals surface area contributed by atoms with Crippen molar-refractivity contribution in [2.45, 2.75) is 30.3 Å². The Morgan fingerprint density at radius 3 is 2.44 bits per heavy atom. The van der Waals surface area contributed by atoms with Crippen molar-refractivity contribution in [3.63, 3.8) is 0 Å². The van der Waals surface area contributed by atoms with Gasteiger partial charge in [0.1, 0.15) is 5.75 Å². The molecule has 1 aromatic rings. The molecular weight excluding hydrogens is 235 g/mol. The van der Waals surface area contributed by atoms with Gasteiger partial charge in [-0.15, -0.1) is 0 Å². The number of aliphatic carboxylic acids is 1.